The van der Waals surface area contributed by atoms with Gasteiger partial charge in [-0.05, 0) is 49.4 Å². The lowest BCUT2D eigenvalue weighted by Gasteiger charge is -2.34. The minimum absolute atomic E-state index is 0.0455. The summed E-state index contributed by atoms with van der Waals surface area (Å²) in [5, 5.41) is 5.46. The van der Waals surface area contributed by atoms with Crippen molar-refractivity contribution in [2.75, 3.05) is 26.1 Å². The van der Waals surface area contributed by atoms with Gasteiger partial charge in [0.2, 0.25) is 5.91 Å². The van der Waals surface area contributed by atoms with Crippen molar-refractivity contribution in [2.24, 2.45) is 5.92 Å². The van der Waals surface area contributed by atoms with E-state index in [1.54, 1.807) is 55.5 Å². The number of para-hydroxylation sites is 1. The Morgan fingerprint density at radius 3 is 2.65 bits per heavy atom. The molecule has 1 aliphatic heterocycles. The summed E-state index contributed by atoms with van der Waals surface area (Å²) in [6.07, 6.45) is 4.74. The highest BCUT2D eigenvalue weighted by Crippen LogP contribution is 2.41. The molecule has 3 atom stereocenters. The van der Waals surface area contributed by atoms with Crippen molar-refractivity contribution in [3.8, 4) is 11.5 Å². The smallest absolute Gasteiger partial charge is 0.258 e. The number of carbonyl (C=O) groups excluding carboxylic acids is 3. The third kappa shape index (κ3) is 5.00. The number of benzene rings is 2. The van der Waals surface area contributed by atoms with Crippen molar-refractivity contribution in [1.82, 2.24) is 10.2 Å². The second-order valence-electron chi connectivity index (χ2n) is 8.76. The molecule has 2 aliphatic rings. The van der Waals surface area contributed by atoms with Crippen LogP contribution in [0.25, 0.3) is 0 Å². The number of nitrogens with zero attached hydrogens (tertiary/aromatic N) is 1. The quantitative estimate of drug-likeness (QED) is 0.654. The van der Waals surface area contributed by atoms with Crippen molar-refractivity contribution in [3.05, 3.63) is 54.1 Å². The van der Waals surface area contributed by atoms with Gasteiger partial charge in [0.05, 0.1) is 12.7 Å². The maximum absolute atomic E-state index is 13.7. The number of methoxy groups -OCH3 is 1. The van der Waals surface area contributed by atoms with Gasteiger partial charge in [-0.3, -0.25) is 14.4 Å². The number of likely N-dealkylation sites (tertiary alicyclic amines) is 1. The van der Waals surface area contributed by atoms with Crippen LogP contribution >= 0.6 is 0 Å². The lowest BCUT2D eigenvalue weighted by Crippen LogP contribution is -2.48. The number of hydrogen-bond donors (Lipinski definition) is 2. The third-order valence-electron chi connectivity index (χ3n) is 6.71. The van der Waals surface area contributed by atoms with Gasteiger partial charge in [-0.1, -0.05) is 31.0 Å². The average molecular weight is 466 g/mol. The number of ether oxygens (including phenoxy) is 2. The summed E-state index contributed by atoms with van der Waals surface area (Å²) in [7, 11) is 3.09. The first-order valence-corrected chi connectivity index (χ1v) is 11.7. The molecule has 3 amide bonds. The molecule has 1 aliphatic carbocycles. The Morgan fingerprint density at radius 1 is 1.06 bits per heavy atom. The highest BCUT2D eigenvalue weighted by molar-refractivity contribution is 6.03. The fraction of sp³-hybridized carbons (Fsp3) is 0.423. The highest BCUT2D eigenvalue weighted by atomic mass is 16.5. The van der Waals surface area contributed by atoms with Crippen molar-refractivity contribution in [2.45, 2.75) is 44.2 Å². The Morgan fingerprint density at radius 2 is 1.85 bits per heavy atom. The Kier molecular flexibility index (Phi) is 7.35. The molecule has 2 aromatic carbocycles. The van der Waals surface area contributed by atoms with Gasteiger partial charge < -0.3 is 25.0 Å². The summed E-state index contributed by atoms with van der Waals surface area (Å²) < 4.78 is 10.9. The summed E-state index contributed by atoms with van der Waals surface area (Å²) in [6.45, 7) is -0.110. The molecule has 2 fully saturated rings. The number of carbonyl (C=O) groups is 3. The lowest BCUT2D eigenvalue weighted by molar-refractivity contribution is -0.122. The van der Waals surface area contributed by atoms with Crippen LogP contribution in [0, 0.1) is 5.92 Å². The highest BCUT2D eigenvalue weighted by Gasteiger charge is 2.48. The number of anilines is 1. The molecule has 2 N–H and O–H groups in total. The summed E-state index contributed by atoms with van der Waals surface area (Å²) >= 11 is 0. The minimum Gasteiger partial charge on any atom is -0.496 e. The van der Waals surface area contributed by atoms with Gasteiger partial charge in [0.25, 0.3) is 11.8 Å². The van der Waals surface area contributed by atoms with Gasteiger partial charge in [0.1, 0.15) is 17.5 Å². The molecule has 34 heavy (non-hydrogen) atoms. The maximum Gasteiger partial charge on any atom is 0.258 e. The lowest BCUT2D eigenvalue weighted by atomic mass is 9.84. The van der Waals surface area contributed by atoms with E-state index in [2.05, 4.69) is 10.6 Å². The van der Waals surface area contributed by atoms with Crippen LogP contribution in [0.1, 0.15) is 42.5 Å². The number of fused-ring (bicyclic) bond motifs is 1. The van der Waals surface area contributed by atoms with E-state index >= 15 is 0 Å². The maximum atomic E-state index is 13.7. The Labute approximate surface area is 199 Å². The van der Waals surface area contributed by atoms with E-state index in [9.17, 15) is 14.4 Å². The summed E-state index contributed by atoms with van der Waals surface area (Å²) in [5.74, 6) is 0.657. The van der Waals surface area contributed by atoms with Crippen LogP contribution in [-0.2, 0) is 9.59 Å². The van der Waals surface area contributed by atoms with Gasteiger partial charge in [0.15, 0.2) is 6.61 Å². The van der Waals surface area contributed by atoms with Gasteiger partial charge >= 0.3 is 0 Å². The topological polar surface area (TPSA) is 97.0 Å². The first-order chi connectivity index (χ1) is 16.5. The third-order valence-corrected chi connectivity index (χ3v) is 6.71. The van der Waals surface area contributed by atoms with Gasteiger partial charge in [0, 0.05) is 24.8 Å². The zero-order valence-electron chi connectivity index (χ0n) is 19.6. The molecule has 2 aromatic rings. The fourth-order valence-electron chi connectivity index (χ4n) is 5.06. The fourth-order valence-corrected chi connectivity index (χ4v) is 5.06. The predicted octanol–water partition coefficient (Wildman–Crippen LogP) is 3.23. The summed E-state index contributed by atoms with van der Waals surface area (Å²) in [5.41, 5.74) is 1.03. The predicted molar refractivity (Wildman–Crippen MR) is 128 cm³/mol. The van der Waals surface area contributed by atoms with Crippen molar-refractivity contribution < 1.29 is 23.9 Å². The van der Waals surface area contributed by atoms with E-state index in [0.29, 0.717) is 35.1 Å². The zero-order chi connectivity index (χ0) is 24.1. The molecule has 4 rings (SSSR count). The molecule has 180 valence electrons. The van der Waals surface area contributed by atoms with Crippen LogP contribution < -0.4 is 20.1 Å². The molecular formula is C26H31N3O5. The zero-order valence-corrected chi connectivity index (χ0v) is 19.6. The van der Waals surface area contributed by atoms with E-state index in [4.69, 9.17) is 9.47 Å². The Bertz CT molecular complexity index is 1060. The average Bonchev–Trinajstić information content (AvgIpc) is 3.27. The van der Waals surface area contributed by atoms with Crippen LogP contribution in [0.3, 0.4) is 0 Å². The van der Waals surface area contributed by atoms with Crippen LogP contribution in [0.4, 0.5) is 5.69 Å². The first kappa shape index (κ1) is 23.6. The van der Waals surface area contributed by atoms with E-state index in [-0.39, 0.29) is 30.4 Å². The standard InChI is InChI=1S/C26H31N3O5/c1-27-24(30)16-34-19-10-7-9-18(15-19)28-25(31)22-14-17-8-3-5-12-21(17)29(22)26(32)20-11-4-6-13-23(20)33-2/h4,6-7,9-11,13,15,17,21-22H,3,5,8,12,14,16H2,1-2H3,(H,27,30)(H,28,31). The second kappa shape index (κ2) is 10.6. The molecule has 0 bridgehead atoms. The van der Waals surface area contributed by atoms with Crippen LogP contribution in [-0.4, -0.2) is 55.5 Å². The van der Waals surface area contributed by atoms with Crippen LogP contribution in [0.2, 0.25) is 0 Å². The van der Waals surface area contributed by atoms with Crippen molar-refractivity contribution >= 4 is 23.4 Å². The molecule has 1 saturated carbocycles. The molecule has 0 aromatic heterocycles. The van der Waals surface area contributed by atoms with E-state index < -0.39 is 6.04 Å². The van der Waals surface area contributed by atoms with Crippen molar-refractivity contribution in [3.63, 3.8) is 0 Å². The van der Waals surface area contributed by atoms with Crippen LogP contribution in [0.15, 0.2) is 48.5 Å². The van der Waals surface area contributed by atoms with Crippen LogP contribution in [0.5, 0.6) is 11.5 Å². The summed E-state index contributed by atoms with van der Waals surface area (Å²) in [6, 6.07) is 13.5. The van der Waals surface area contributed by atoms with Gasteiger partial charge in [-0.15, -0.1) is 0 Å². The SMILES string of the molecule is CNC(=O)COc1cccc(NC(=O)C2CC3CCCCC3N2C(=O)c2ccccc2OC)c1. The molecule has 0 spiro atoms. The van der Waals surface area contributed by atoms with Crippen molar-refractivity contribution in [1.29, 1.82) is 0 Å². The van der Waals surface area contributed by atoms with Gasteiger partial charge in [-0.25, -0.2) is 0 Å². The largest absolute Gasteiger partial charge is 0.496 e. The van der Waals surface area contributed by atoms with E-state index in [0.717, 1.165) is 25.7 Å². The number of rotatable bonds is 7. The normalized spacial score (nSPS) is 21.4. The Hall–Kier alpha value is -3.55. The molecule has 3 unspecified atom stereocenters. The first-order valence-electron chi connectivity index (χ1n) is 11.7. The number of hydrogen-bond acceptors (Lipinski definition) is 5. The molecule has 8 heteroatoms. The molecular weight excluding hydrogens is 434 g/mol. The molecule has 1 saturated heterocycles. The molecule has 0 radical (unpaired) electrons. The molecule has 1 heterocycles. The monoisotopic (exact) mass is 465 g/mol. The number of amides is 3. The van der Waals surface area contributed by atoms with E-state index in [1.165, 1.54) is 0 Å². The summed E-state index contributed by atoms with van der Waals surface area (Å²) in [4.78, 5) is 40.4. The van der Waals surface area contributed by atoms with E-state index in [1.807, 2.05) is 12.1 Å². The minimum atomic E-state index is -0.569. The number of likely N-dealkylation sites (N-methyl/N-ethyl adjacent to an activating group) is 1. The number of nitrogens with one attached hydrogen (secondary N) is 2. The molecule has 8 nitrogen and oxygen atoms in total. The Balaban J connectivity index is 1.55. The van der Waals surface area contributed by atoms with Gasteiger partial charge in [-0.2, -0.15) is 0 Å². The second-order valence-corrected chi connectivity index (χ2v) is 8.76.